The number of rotatable bonds is 2. The molecule has 0 radical (unpaired) electrons. The molecule has 5 nitrogen and oxygen atoms in total. The molecule has 1 aromatic heterocycles. The van der Waals surface area contributed by atoms with Crippen LogP contribution in [0.15, 0.2) is 12.4 Å². The Morgan fingerprint density at radius 3 is 2.36 bits per heavy atom. The van der Waals surface area contributed by atoms with E-state index in [9.17, 15) is 0 Å². The molecule has 1 atom stereocenters. The average Bonchev–Trinajstić information content (AvgIpc) is 2.05. The molecule has 1 heterocycles. The van der Waals surface area contributed by atoms with Crippen molar-refractivity contribution in [2.75, 3.05) is 6.61 Å². The average molecular weight is 156 g/mol. The van der Waals surface area contributed by atoms with Crippen LogP contribution < -0.4 is 0 Å². The third-order valence-electron chi connectivity index (χ3n) is 1.13. The Kier molecular flexibility index (Phi) is 2.35. The zero-order chi connectivity index (χ0) is 8.27. The summed E-state index contributed by atoms with van der Waals surface area (Å²) in [6.45, 7) is -0.426. The van der Waals surface area contributed by atoms with Crippen LogP contribution in [-0.2, 0) is 0 Å². The van der Waals surface area contributed by atoms with E-state index in [0.717, 1.165) is 12.4 Å². The minimum Gasteiger partial charge on any atom is -0.505 e. The van der Waals surface area contributed by atoms with E-state index in [-0.39, 0.29) is 11.6 Å². The Hall–Kier alpha value is -1.20. The van der Waals surface area contributed by atoms with Gasteiger partial charge >= 0.3 is 0 Å². The molecule has 1 unspecified atom stereocenters. The van der Waals surface area contributed by atoms with Crippen LogP contribution in [0.2, 0.25) is 0 Å². The molecular formula is C6H8N2O3. The van der Waals surface area contributed by atoms with Crippen molar-refractivity contribution in [3.63, 3.8) is 0 Å². The van der Waals surface area contributed by atoms with Gasteiger partial charge in [-0.15, -0.1) is 0 Å². The van der Waals surface area contributed by atoms with Crippen LogP contribution in [0.1, 0.15) is 11.9 Å². The van der Waals surface area contributed by atoms with Crippen molar-refractivity contribution in [1.82, 2.24) is 9.97 Å². The van der Waals surface area contributed by atoms with Crippen molar-refractivity contribution in [3.8, 4) is 5.75 Å². The zero-order valence-electron chi connectivity index (χ0n) is 5.68. The highest BCUT2D eigenvalue weighted by molar-refractivity contribution is 5.10. The van der Waals surface area contributed by atoms with Gasteiger partial charge in [0.2, 0.25) is 0 Å². The van der Waals surface area contributed by atoms with E-state index in [2.05, 4.69) is 9.97 Å². The summed E-state index contributed by atoms with van der Waals surface area (Å²) in [7, 11) is 0. The maximum absolute atomic E-state index is 8.96. The fourth-order valence-corrected chi connectivity index (χ4v) is 0.585. The minimum atomic E-state index is -1.07. The number of nitrogens with zero attached hydrogens (tertiary/aromatic N) is 2. The molecule has 0 aromatic carbocycles. The summed E-state index contributed by atoms with van der Waals surface area (Å²) in [4.78, 5) is 7.16. The number of hydrogen-bond acceptors (Lipinski definition) is 5. The second-order valence-electron chi connectivity index (χ2n) is 2.00. The van der Waals surface area contributed by atoms with Crippen molar-refractivity contribution < 1.29 is 15.3 Å². The fraction of sp³-hybridized carbons (Fsp3) is 0.333. The molecule has 0 fully saturated rings. The molecule has 60 valence electrons. The third-order valence-corrected chi connectivity index (χ3v) is 1.13. The SMILES string of the molecule is OCC(O)c1ncc(O)cn1. The summed E-state index contributed by atoms with van der Waals surface area (Å²) in [5.74, 6) is 0.0317. The van der Waals surface area contributed by atoms with Crippen molar-refractivity contribution >= 4 is 0 Å². The Morgan fingerprint density at radius 1 is 1.36 bits per heavy atom. The second kappa shape index (κ2) is 3.27. The fourth-order valence-electron chi connectivity index (χ4n) is 0.585. The maximum atomic E-state index is 8.96. The van der Waals surface area contributed by atoms with Gasteiger partial charge in [0.15, 0.2) is 11.6 Å². The van der Waals surface area contributed by atoms with Gasteiger partial charge in [0, 0.05) is 0 Å². The Bertz CT molecular complexity index is 224. The van der Waals surface area contributed by atoms with Gasteiger partial charge in [0.25, 0.3) is 0 Å². The first-order valence-electron chi connectivity index (χ1n) is 3.04. The lowest BCUT2D eigenvalue weighted by atomic mass is 10.3. The largest absolute Gasteiger partial charge is 0.505 e. The Labute approximate surface area is 63.0 Å². The van der Waals surface area contributed by atoms with Gasteiger partial charge in [-0.25, -0.2) is 9.97 Å². The Balaban J connectivity index is 2.81. The molecule has 0 saturated carbocycles. The summed E-state index contributed by atoms with van der Waals surface area (Å²) in [6.07, 6.45) is 1.23. The van der Waals surface area contributed by atoms with Gasteiger partial charge in [0.1, 0.15) is 6.10 Å². The van der Waals surface area contributed by atoms with Crippen LogP contribution in [0.4, 0.5) is 0 Å². The predicted molar refractivity (Wildman–Crippen MR) is 35.7 cm³/mol. The third kappa shape index (κ3) is 1.86. The molecule has 0 amide bonds. The summed E-state index contributed by atoms with van der Waals surface area (Å²) < 4.78 is 0. The van der Waals surface area contributed by atoms with E-state index in [0.29, 0.717) is 0 Å². The normalized spacial score (nSPS) is 12.9. The first-order valence-corrected chi connectivity index (χ1v) is 3.04. The Morgan fingerprint density at radius 2 is 1.91 bits per heavy atom. The summed E-state index contributed by atoms with van der Waals surface area (Å²) >= 11 is 0. The van der Waals surface area contributed by atoms with Crippen molar-refractivity contribution in [2.45, 2.75) is 6.10 Å². The van der Waals surface area contributed by atoms with E-state index >= 15 is 0 Å². The van der Waals surface area contributed by atoms with Crippen LogP contribution in [0.3, 0.4) is 0 Å². The molecule has 0 saturated heterocycles. The molecule has 0 aliphatic heterocycles. The zero-order valence-corrected chi connectivity index (χ0v) is 5.68. The number of aromatic nitrogens is 2. The van der Waals surface area contributed by atoms with Crippen LogP contribution in [0, 0.1) is 0 Å². The van der Waals surface area contributed by atoms with E-state index in [1.807, 2.05) is 0 Å². The first kappa shape index (κ1) is 7.90. The summed E-state index contributed by atoms with van der Waals surface area (Å²) in [6, 6.07) is 0. The molecule has 0 aliphatic rings. The molecule has 5 heteroatoms. The van der Waals surface area contributed by atoms with E-state index in [1.54, 1.807) is 0 Å². The number of hydrogen-bond donors (Lipinski definition) is 3. The van der Waals surface area contributed by atoms with Crippen LogP contribution in [0.25, 0.3) is 0 Å². The number of aliphatic hydroxyl groups excluding tert-OH is 2. The monoisotopic (exact) mass is 156 g/mol. The quantitative estimate of drug-likeness (QED) is 0.522. The standard InChI is InChI=1S/C6H8N2O3/c9-3-5(11)6-7-1-4(10)2-8-6/h1-2,5,9-11H,3H2. The van der Waals surface area contributed by atoms with Crippen LogP contribution >= 0.6 is 0 Å². The second-order valence-corrected chi connectivity index (χ2v) is 2.00. The van der Waals surface area contributed by atoms with Crippen molar-refractivity contribution in [3.05, 3.63) is 18.2 Å². The lowest BCUT2D eigenvalue weighted by Crippen LogP contribution is -2.06. The maximum Gasteiger partial charge on any atom is 0.159 e. The van der Waals surface area contributed by atoms with Gasteiger partial charge in [-0.2, -0.15) is 0 Å². The minimum absolute atomic E-state index is 0.0705. The van der Waals surface area contributed by atoms with Gasteiger partial charge in [-0.1, -0.05) is 0 Å². The van der Waals surface area contributed by atoms with E-state index in [1.165, 1.54) is 0 Å². The highest BCUT2D eigenvalue weighted by Gasteiger charge is 2.07. The van der Waals surface area contributed by atoms with Crippen LogP contribution in [0.5, 0.6) is 5.75 Å². The summed E-state index contributed by atoms with van der Waals surface area (Å²) in [5.41, 5.74) is 0. The van der Waals surface area contributed by atoms with E-state index in [4.69, 9.17) is 15.3 Å². The topological polar surface area (TPSA) is 86.5 Å². The lowest BCUT2D eigenvalue weighted by molar-refractivity contribution is 0.0884. The lowest BCUT2D eigenvalue weighted by Gasteiger charge is -2.03. The molecular weight excluding hydrogens is 148 g/mol. The van der Waals surface area contributed by atoms with Gasteiger partial charge < -0.3 is 15.3 Å². The molecule has 1 rings (SSSR count). The smallest absolute Gasteiger partial charge is 0.159 e. The molecule has 3 N–H and O–H groups in total. The molecule has 11 heavy (non-hydrogen) atoms. The van der Waals surface area contributed by atoms with Crippen molar-refractivity contribution in [1.29, 1.82) is 0 Å². The number of aromatic hydroxyl groups is 1. The first-order chi connectivity index (χ1) is 5.24. The molecule has 1 aromatic rings. The van der Waals surface area contributed by atoms with Gasteiger partial charge in [-0.3, -0.25) is 0 Å². The highest BCUT2D eigenvalue weighted by Crippen LogP contribution is 2.08. The number of aliphatic hydroxyl groups is 2. The van der Waals surface area contributed by atoms with E-state index < -0.39 is 12.7 Å². The van der Waals surface area contributed by atoms with Gasteiger partial charge in [0.05, 0.1) is 19.0 Å². The highest BCUT2D eigenvalue weighted by atomic mass is 16.3. The molecule has 0 aliphatic carbocycles. The van der Waals surface area contributed by atoms with Crippen LogP contribution in [-0.4, -0.2) is 31.9 Å². The van der Waals surface area contributed by atoms with Gasteiger partial charge in [-0.05, 0) is 0 Å². The predicted octanol–water partition coefficient (Wildman–Crippen LogP) is -0.792. The molecule has 0 spiro atoms. The molecule has 0 bridgehead atoms. The summed E-state index contributed by atoms with van der Waals surface area (Å²) in [5, 5.41) is 26.2. The van der Waals surface area contributed by atoms with Crippen molar-refractivity contribution in [2.24, 2.45) is 0 Å².